The minimum atomic E-state index is 0.0879. The molecular formula is C22H28N2O3. The van der Waals surface area contributed by atoms with Crippen molar-refractivity contribution in [2.75, 3.05) is 46.9 Å². The fraction of sp³-hybridized carbons (Fsp3) is 0.409. The molecule has 1 saturated heterocycles. The molecule has 144 valence electrons. The summed E-state index contributed by atoms with van der Waals surface area (Å²) in [7, 11) is 3.32. The Morgan fingerprint density at radius 1 is 0.926 bits per heavy atom. The van der Waals surface area contributed by atoms with Crippen molar-refractivity contribution in [1.29, 1.82) is 0 Å². The van der Waals surface area contributed by atoms with Gasteiger partial charge in [0.05, 0.1) is 14.2 Å². The van der Waals surface area contributed by atoms with Gasteiger partial charge in [-0.2, -0.15) is 0 Å². The molecule has 0 saturated carbocycles. The zero-order chi connectivity index (χ0) is 19.1. The van der Waals surface area contributed by atoms with E-state index in [0.29, 0.717) is 5.56 Å². The van der Waals surface area contributed by atoms with Gasteiger partial charge in [0, 0.05) is 31.7 Å². The molecule has 2 aromatic carbocycles. The number of carbonyl (C=O) groups excluding carboxylic acids is 1. The van der Waals surface area contributed by atoms with Gasteiger partial charge in [-0.15, -0.1) is 0 Å². The van der Waals surface area contributed by atoms with Crippen molar-refractivity contribution in [1.82, 2.24) is 9.80 Å². The number of piperazine rings is 1. The lowest BCUT2D eigenvalue weighted by atomic mass is 10.1. The highest BCUT2D eigenvalue weighted by Crippen LogP contribution is 2.17. The summed E-state index contributed by atoms with van der Waals surface area (Å²) in [6.07, 6.45) is 2.15. The van der Waals surface area contributed by atoms with E-state index < -0.39 is 0 Å². The van der Waals surface area contributed by atoms with Gasteiger partial charge in [0.25, 0.3) is 5.91 Å². The molecule has 0 aliphatic carbocycles. The van der Waals surface area contributed by atoms with Gasteiger partial charge < -0.3 is 14.4 Å². The first-order chi connectivity index (χ1) is 13.2. The molecule has 5 nitrogen and oxygen atoms in total. The predicted molar refractivity (Wildman–Crippen MR) is 107 cm³/mol. The van der Waals surface area contributed by atoms with E-state index >= 15 is 0 Å². The minimum Gasteiger partial charge on any atom is -0.497 e. The monoisotopic (exact) mass is 368 g/mol. The SMILES string of the molecule is COc1cccc(CCCN2CCN(C(=O)c3cccc(OC)c3)CC2)c1. The summed E-state index contributed by atoms with van der Waals surface area (Å²) in [6.45, 7) is 4.45. The lowest BCUT2D eigenvalue weighted by Crippen LogP contribution is -2.48. The lowest BCUT2D eigenvalue weighted by Gasteiger charge is -2.34. The Balaban J connectivity index is 1.43. The molecule has 1 heterocycles. The van der Waals surface area contributed by atoms with Crippen LogP contribution in [0.1, 0.15) is 22.3 Å². The van der Waals surface area contributed by atoms with Gasteiger partial charge in [-0.3, -0.25) is 9.69 Å². The fourth-order valence-corrected chi connectivity index (χ4v) is 3.45. The zero-order valence-electron chi connectivity index (χ0n) is 16.2. The molecule has 2 aromatic rings. The first-order valence-electron chi connectivity index (χ1n) is 9.48. The third-order valence-corrected chi connectivity index (χ3v) is 5.05. The smallest absolute Gasteiger partial charge is 0.254 e. The van der Waals surface area contributed by atoms with Crippen LogP contribution < -0.4 is 9.47 Å². The Kier molecular flexibility index (Phi) is 6.71. The number of methoxy groups -OCH3 is 2. The highest BCUT2D eigenvalue weighted by molar-refractivity contribution is 5.94. The van der Waals surface area contributed by atoms with Crippen LogP contribution in [-0.2, 0) is 6.42 Å². The maximum Gasteiger partial charge on any atom is 0.254 e. The van der Waals surface area contributed by atoms with Crippen LogP contribution in [-0.4, -0.2) is 62.7 Å². The largest absolute Gasteiger partial charge is 0.497 e. The number of carbonyl (C=O) groups is 1. The molecule has 0 aromatic heterocycles. The number of ether oxygens (including phenoxy) is 2. The van der Waals surface area contributed by atoms with Gasteiger partial charge in [0.1, 0.15) is 11.5 Å². The molecule has 0 N–H and O–H groups in total. The molecule has 0 spiro atoms. The summed E-state index contributed by atoms with van der Waals surface area (Å²) >= 11 is 0. The maximum atomic E-state index is 12.7. The third kappa shape index (κ3) is 5.23. The van der Waals surface area contributed by atoms with Crippen molar-refractivity contribution < 1.29 is 14.3 Å². The summed E-state index contributed by atoms with van der Waals surface area (Å²) in [5.41, 5.74) is 2.00. The molecule has 0 unspecified atom stereocenters. The van der Waals surface area contributed by atoms with E-state index in [1.165, 1.54) is 5.56 Å². The zero-order valence-corrected chi connectivity index (χ0v) is 16.2. The van der Waals surface area contributed by atoms with E-state index in [2.05, 4.69) is 17.0 Å². The van der Waals surface area contributed by atoms with E-state index in [1.807, 2.05) is 41.3 Å². The maximum absolute atomic E-state index is 12.7. The van der Waals surface area contributed by atoms with Gasteiger partial charge in [-0.1, -0.05) is 18.2 Å². The normalized spacial score (nSPS) is 14.8. The second-order valence-electron chi connectivity index (χ2n) is 6.82. The van der Waals surface area contributed by atoms with Crippen molar-refractivity contribution in [2.45, 2.75) is 12.8 Å². The van der Waals surface area contributed by atoms with E-state index in [9.17, 15) is 4.79 Å². The molecule has 0 radical (unpaired) electrons. The highest BCUT2D eigenvalue weighted by Gasteiger charge is 2.22. The first-order valence-corrected chi connectivity index (χ1v) is 9.48. The standard InChI is InChI=1S/C22H28N2O3/c1-26-20-9-3-6-18(16-20)7-5-11-23-12-14-24(15-13-23)22(25)19-8-4-10-21(17-19)27-2/h3-4,6,8-10,16-17H,5,7,11-15H2,1-2H3. The first kappa shape index (κ1) is 19.2. The summed E-state index contributed by atoms with van der Waals surface area (Å²) < 4.78 is 10.5. The topological polar surface area (TPSA) is 42.0 Å². The molecule has 0 bridgehead atoms. The molecule has 1 fully saturated rings. The number of nitrogens with zero attached hydrogens (tertiary/aromatic N) is 2. The van der Waals surface area contributed by atoms with Crippen LogP contribution in [0.4, 0.5) is 0 Å². The third-order valence-electron chi connectivity index (χ3n) is 5.05. The van der Waals surface area contributed by atoms with Crippen LogP contribution in [0.5, 0.6) is 11.5 Å². The number of aryl methyl sites for hydroxylation is 1. The Morgan fingerprint density at radius 2 is 1.59 bits per heavy atom. The van der Waals surface area contributed by atoms with Gasteiger partial charge in [-0.05, 0) is 55.3 Å². The molecule has 5 heteroatoms. The molecular weight excluding hydrogens is 340 g/mol. The van der Waals surface area contributed by atoms with Crippen molar-refractivity contribution >= 4 is 5.91 Å². The van der Waals surface area contributed by atoms with E-state index in [4.69, 9.17) is 9.47 Å². The minimum absolute atomic E-state index is 0.0879. The Labute approximate surface area is 161 Å². The number of amides is 1. The molecule has 1 amide bonds. The highest BCUT2D eigenvalue weighted by atomic mass is 16.5. The average Bonchev–Trinajstić information content (AvgIpc) is 2.74. The van der Waals surface area contributed by atoms with E-state index in [1.54, 1.807) is 14.2 Å². The Hall–Kier alpha value is -2.53. The predicted octanol–water partition coefficient (Wildman–Crippen LogP) is 3.09. The van der Waals surface area contributed by atoms with E-state index in [-0.39, 0.29) is 5.91 Å². The van der Waals surface area contributed by atoms with Gasteiger partial charge in [0.15, 0.2) is 0 Å². The second-order valence-corrected chi connectivity index (χ2v) is 6.82. The van der Waals surface area contributed by atoms with Crippen molar-refractivity contribution in [3.05, 3.63) is 59.7 Å². The van der Waals surface area contributed by atoms with Crippen LogP contribution in [0.2, 0.25) is 0 Å². The van der Waals surface area contributed by atoms with E-state index in [0.717, 1.165) is 57.1 Å². The van der Waals surface area contributed by atoms with Crippen LogP contribution in [0.3, 0.4) is 0 Å². The number of hydrogen-bond acceptors (Lipinski definition) is 4. The number of rotatable bonds is 7. The Bertz CT molecular complexity index is 755. The summed E-state index contributed by atoms with van der Waals surface area (Å²) in [5.74, 6) is 1.72. The molecule has 3 rings (SSSR count). The fourth-order valence-electron chi connectivity index (χ4n) is 3.45. The van der Waals surface area contributed by atoms with Crippen LogP contribution >= 0.6 is 0 Å². The molecule has 0 atom stereocenters. The molecule has 27 heavy (non-hydrogen) atoms. The van der Waals surface area contributed by atoms with Gasteiger partial charge in [0.2, 0.25) is 0 Å². The van der Waals surface area contributed by atoms with Gasteiger partial charge in [-0.25, -0.2) is 0 Å². The summed E-state index contributed by atoms with van der Waals surface area (Å²) in [6, 6.07) is 15.6. The quantitative estimate of drug-likeness (QED) is 0.753. The summed E-state index contributed by atoms with van der Waals surface area (Å²) in [4.78, 5) is 17.1. The van der Waals surface area contributed by atoms with Gasteiger partial charge >= 0.3 is 0 Å². The molecule has 1 aliphatic heterocycles. The summed E-state index contributed by atoms with van der Waals surface area (Å²) in [5, 5.41) is 0. The van der Waals surface area contributed by atoms with Crippen molar-refractivity contribution in [3.8, 4) is 11.5 Å². The van der Waals surface area contributed by atoms with Crippen LogP contribution in [0, 0.1) is 0 Å². The van der Waals surface area contributed by atoms with Crippen molar-refractivity contribution in [2.24, 2.45) is 0 Å². The van der Waals surface area contributed by atoms with Crippen LogP contribution in [0.25, 0.3) is 0 Å². The van der Waals surface area contributed by atoms with Crippen molar-refractivity contribution in [3.63, 3.8) is 0 Å². The number of hydrogen-bond donors (Lipinski definition) is 0. The lowest BCUT2D eigenvalue weighted by molar-refractivity contribution is 0.0636. The Morgan fingerprint density at radius 3 is 2.30 bits per heavy atom. The number of benzene rings is 2. The molecule has 1 aliphatic rings. The van der Waals surface area contributed by atoms with Crippen LogP contribution in [0.15, 0.2) is 48.5 Å². The second kappa shape index (κ2) is 9.42. The average molecular weight is 368 g/mol.